The highest BCUT2D eigenvalue weighted by Crippen LogP contribution is 2.24. The molecular formula is C14H19N3S. The van der Waals surface area contributed by atoms with Crippen LogP contribution in [0.2, 0.25) is 0 Å². The maximum atomic E-state index is 5.82. The fraction of sp³-hybridized carbons (Fsp3) is 0.357. The Morgan fingerprint density at radius 2 is 2.11 bits per heavy atom. The normalized spacial score (nSPS) is 10.7. The van der Waals surface area contributed by atoms with Crippen molar-refractivity contribution in [2.75, 3.05) is 11.9 Å². The Morgan fingerprint density at radius 1 is 1.33 bits per heavy atom. The van der Waals surface area contributed by atoms with Crippen molar-refractivity contribution in [2.45, 2.75) is 26.9 Å². The summed E-state index contributed by atoms with van der Waals surface area (Å²) in [5, 5.41) is 0. The number of hydrogen-bond acceptors (Lipinski definition) is 4. The summed E-state index contributed by atoms with van der Waals surface area (Å²) in [5.41, 5.74) is 12.5. The zero-order valence-electron chi connectivity index (χ0n) is 11.1. The van der Waals surface area contributed by atoms with Crippen molar-refractivity contribution < 1.29 is 0 Å². The Morgan fingerprint density at radius 3 is 2.72 bits per heavy atom. The fourth-order valence-corrected chi connectivity index (χ4v) is 2.86. The molecule has 0 radical (unpaired) electrons. The highest BCUT2D eigenvalue weighted by atomic mass is 32.1. The molecule has 0 aliphatic carbocycles. The summed E-state index contributed by atoms with van der Waals surface area (Å²) in [6, 6.07) is 6.43. The number of nitrogens with two attached hydrogens (primary N) is 1. The lowest BCUT2D eigenvalue weighted by molar-refractivity contribution is 0.906. The van der Waals surface area contributed by atoms with Gasteiger partial charge in [0.1, 0.15) is 0 Å². The third kappa shape index (κ3) is 2.71. The van der Waals surface area contributed by atoms with Gasteiger partial charge in [0, 0.05) is 24.2 Å². The molecule has 0 unspecified atom stereocenters. The molecule has 3 nitrogen and oxygen atoms in total. The van der Waals surface area contributed by atoms with Gasteiger partial charge in [-0.1, -0.05) is 17.7 Å². The van der Waals surface area contributed by atoms with Gasteiger partial charge in [-0.05, 0) is 25.5 Å². The van der Waals surface area contributed by atoms with Gasteiger partial charge in [-0.2, -0.15) is 0 Å². The van der Waals surface area contributed by atoms with Crippen molar-refractivity contribution in [3.63, 3.8) is 0 Å². The maximum Gasteiger partial charge on any atom is 0.0798 e. The summed E-state index contributed by atoms with van der Waals surface area (Å²) in [4.78, 5) is 7.83. The molecule has 0 bridgehead atoms. The van der Waals surface area contributed by atoms with Gasteiger partial charge < -0.3 is 10.6 Å². The SMILES string of the molecule is Cc1ccc(N(C)Cc2scnc2C)c(CN)c1. The van der Waals surface area contributed by atoms with E-state index in [1.807, 2.05) is 5.51 Å². The Kier molecular flexibility index (Phi) is 3.99. The molecule has 0 saturated heterocycles. The molecule has 0 fully saturated rings. The Hall–Kier alpha value is -1.39. The molecule has 0 aliphatic rings. The van der Waals surface area contributed by atoms with E-state index in [1.165, 1.54) is 21.7 Å². The minimum absolute atomic E-state index is 0.572. The summed E-state index contributed by atoms with van der Waals surface area (Å²) >= 11 is 1.71. The van der Waals surface area contributed by atoms with E-state index in [1.54, 1.807) is 11.3 Å². The van der Waals surface area contributed by atoms with Crippen LogP contribution in [0.3, 0.4) is 0 Å². The van der Waals surface area contributed by atoms with Crippen molar-refractivity contribution in [3.8, 4) is 0 Å². The smallest absolute Gasteiger partial charge is 0.0798 e. The van der Waals surface area contributed by atoms with Gasteiger partial charge in [-0.3, -0.25) is 0 Å². The summed E-state index contributed by atoms with van der Waals surface area (Å²) in [6.07, 6.45) is 0. The molecule has 1 aromatic heterocycles. The number of hydrogen-bond donors (Lipinski definition) is 1. The van der Waals surface area contributed by atoms with E-state index < -0.39 is 0 Å². The predicted molar refractivity (Wildman–Crippen MR) is 78.0 cm³/mol. The summed E-state index contributed by atoms with van der Waals surface area (Å²) in [5.74, 6) is 0. The largest absolute Gasteiger partial charge is 0.369 e. The second-order valence-electron chi connectivity index (χ2n) is 4.55. The molecule has 1 heterocycles. The van der Waals surface area contributed by atoms with Crippen LogP contribution in [0.4, 0.5) is 5.69 Å². The van der Waals surface area contributed by atoms with Crippen LogP contribution in [0.1, 0.15) is 21.7 Å². The van der Waals surface area contributed by atoms with Crippen LogP contribution in [0.5, 0.6) is 0 Å². The van der Waals surface area contributed by atoms with Gasteiger partial charge in [-0.25, -0.2) is 4.98 Å². The van der Waals surface area contributed by atoms with Gasteiger partial charge >= 0.3 is 0 Å². The Labute approximate surface area is 112 Å². The minimum Gasteiger partial charge on any atom is -0.369 e. The van der Waals surface area contributed by atoms with E-state index in [4.69, 9.17) is 5.73 Å². The topological polar surface area (TPSA) is 42.2 Å². The lowest BCUT2D eigenvalue weighted by Crippen LogP contribution is -2.19. The first-order valence-corrected chi connectivity index (χ1v) is 6.89. The quantitative estimate of drug-likeness (QED) is 0.920. The van der Waals surface area contributed by atoms with Crippen molar-refractivity contribution >= 4 is 17.0 Å². The van der Waals surface area contributed by atoms with E-state index in [0.29, 0.717) is 6.54 Å². The standard InChI is InChI=1S/C14H19N3S/c1-10-4-5-13(12(6-10)7-15)17(3)8-14-11(2)16-9-18-14/h4-6,9H,7-8,15H2,1-3H3. The number of rotatable bonds is 4. The number of aryl methyl sites for hydroxylation is 2. The van der Waals surface area contributed by atoms with Crippen LogP contribution in [-0.4, -0.2) is 12.0 Å². The average Bonchev–Trinajstić information content (AvgIpc) is 2.74. The van der Waals surface area contributed by atoms with E-state index >= 15 is 0 Å². The molecule has 2 rings (SSSR count). The zero-order valence-corrected chi connectivity index (χ0v) is 11.9. The van der Waals surface area contributed by atoms with Crippen molar-refractivity contribution in [1.29, 1.82) is 0 Å². The molecule has 0 aliphatic heterocycles. The molecule has 1 aromatic carbocycles. The first kappa shape index (κ1) is 13.1. The van der Waals surface area contributed by atoms with Gasteiger partial charge in [0.2, 0.25) is 0 Å². The molecule has 2 N–H and O–H groups in total. The van der Waals surface area contributed by atoms with Crippen LogP contribution >= 0.6 is 11.3 Å². The molecule has 18 heavy (non-hydrogen) atoms. The lowest BCUT2D eigenvalue weighted by atomic mass is 10.1. The monoisotopic (exact) mass is 261 g/mol. The van der Waals surface area contributed by atoms with Crippen LogP contribution in [-0.2, 0) is 13.1 Å². The lowest BCUT2D eigenvalue weighted by Gasteiger charge is -2.22. The molecule has 96 valence electrons. The second-order valence-corrected chi connectivity index (χ2v) is 5.49. The fourth-order valence-electron chi connectivity index (χ4n) is 2.03. The third-order valence-corrected chi connectivity index (χ3v) is 4.01. The van der Waals surface area contributed by atoms with Crippen LogP contribution in [0.15, 0.2) is 23.7 Å². The predicted octanol–water partition coefficient (Wildman–Crippen LogP) is 2.86. The van der Waals surface area contributed by atoms with Crippen LogP contribution < -0.4 is 10.6 Å². The molecule has 2 aromatic rings. The van der Waals surface area contributed by atoms with Gasteiger partial charge in [0.25, 0.3) is 0 Å². The molecular weight excluding hydrogens is 242 g/mol. The van der Waals surface area contributed by atoms with Crippen molar-refractivity contribution in [2.24, 2.45) is 5.73 Å². The number of aromatic nitrogens is 1. The minimum atomic E-state index is 0.572. The molecule has 0 atom stereocenters. The van der Waals surface area contributed by atoms with Crippen LogP contribution in [0.25, 0.3) is 0 Å². The maximum absolute atomic E-state index is 5.82. The van der Waals surface area contributed by atoms with Gasteiger partial charge in [0.15, 0.2) is 0 Å². The van der Waals surface area contributed by atoms with E-state index in [2.05, 4.69) is 49.0 Å². The Balaban J connectivity index is 2.23. The highest BCUT2D eigenvalue weighted by Gasteiger charge is 2.10. The summed E-state index contributed by atoms with van der Waals surface area (Å²) < 4.78 is 0. The third-order valence-electron chi connectivity index (χ3n) is 3.09. The van der Waals surface area contributed by atoms with Crippen molar-refractivity contribution in [1.82, 2.24) is 4.98 Å². The number of nitrogens with zero attached hydrogens (tertiary/aromatic N) is 2. The first-order chi connectivity index (χ1) is 8.61. The molecule has 0 spiro atoms. The number of benzene rings is 1. The number of thiazole rings is 1. The summed E-state index contributed by atoms with van der Waals surface area (Å²) in [6.45, 7) is 5.60. The summed E-state index contributed by atoms with van der Waals surface area (Å²) in [7, 11) is 2.10. The van der Waals surface area contributed by atoms with Crippen LogP contribution in [0, 0.1) is 13.8 Å². The Bertz CT molecular complexity index is 534. The van der Waals surface area contributed by atoms with Gasteiger partial charge in [0.05, 0.1) is 17.7 Å². The molecule has 4 heteroatoms. The van der Waals surface area contributed by atoms with Gasteiger partial charge in [-0.15, -0.1) is 11.3 Å². The van der Waals surface area contributed by atoms with E-state index in [0.717, 1.165) is 12.2 Å². The number of anilines is 1. The van der Waals surface area contributed by atoms with Crippen molar-refractivity contribution in [3.05, 3.63) is 45.4 Å². The highest BCUT2D eigenvalue weighted by molar-refractivity contribution is 7.09. The first-order valence-electron chi connectivity index (χ1n) is 6.01. The molecule has 0 saturated carbocycles. The van der Waals surface area contributed by atoms with E-state index in [9.17, 15) is 0 Å². The average molecular weight is 261 g/mol. The zero-order chi connectivity index (χ0) is 13.1. The second kappa shape index (κ2) is 5.50. The van der Waals surface area contributed by atoms with E-state index in [-0.39, 0.29) is 0 Å². The molecule has 0 amide bonds.